The zero-order chi connectivity index (χ0) is 24.7. The van der Waals surface area contributed by atoms with Crippen molar-refractivity contribution in [1.82, 2.24) is 14.8 Å². The van der Waals surface area contributed by atoms with Gasteiger partial charge in [0.2, 0.25) is 5.91 Å². The first-order chi connectivity index (χ1) is 16.3. The third-order valence-electron chi connectivity index (χ3n) is 6.92. The van der Waals surface area contributed by atoms with E-state index in [4.69, 9.17) is 4.74 Å². The van der Waals surface area contributed by atoms with Crippen molar-refractivity contribution in [1.29, 1.82) is 0 Å². The Morgan fingerprint density at radius 3 is 2.56 bits per heavy atom. The number of rotatable bonds is 5. The summed E-state index contributed by atoms with van der Waals surface area (Å²) >= 11 is 0. The van der Waals surface area contributed by atoms with E-state index in [0.29, 0.717) is 36.8 Å². The van der Waals surface area contributed by atoms with E-state index in [1.165, 1.54) is 6.42 Å². The van der Waals surface area contributed by atoms with Gasteiger partial charge < -0.3 is 14.7 Å². The maximum absolute atomic E-state index is 13.2. The number of fused-ring (bicyclic) bond motifs is 1. The second-order valence-electron chi connectivity index (χ2n) is 9.51. The molecule has 1 aromatic rings. The molecule has 2 atom stereocenters. The van der Waals surface area contributed by atoms with E-state index in [2.05, 4.69) is 23.7 Å². The Morgan fingerprint density at radius 1 is 1.21 bits per heavy atom. The number of carbonyl (C=O) groups is 1. The average Bonchev–Trinajstić information content (AvgIpc) is 3.31. The SMILES string of the molecule is CCC.O=C([C@H]1CC[C@@H](N(CCO)C2CCOCC2)C1)N1CCc2ncc(C(F)(F)F)cc2C1. The van der Waals surface area contributed by atoms with E-state index in [0.717, 1.165) is 57.6 Å². The van der Waals surface area contributed by atoms with Crippen LogP contribution in [0, 0.1) is 5.92 Å². The minimum Gasteiger partial charge on any atom is -0.395 e. The van der Waals surface area contributed by atoms with Gasteiger partial charge in [0.05, 0.1) is 12.2 Å². The molecule has 1 N–H and O–H groups in total. The standard InChI is InChI=1S/C22H30F3N3O3.C3H8/c23-22(24,25)17-11-16-14-27(6-3-20(16)26-13-17)21(30)15-1-2-19(12-15)28(7-8-29)18-4-9-31-10-5-18;1-3-2/h11,13,15,18-19,29H,1-10,12,14H2;3H2,1-2H3/t15-,19+;/m0./s1. The number of pyridine rings is 1. The fraction of sp³-hybridized carbons (Fsp3) is 0.760. The Morgan fingerprint density at radius 2 is 1.91 bits per heavy atom. The van der Waals surface area contributed by atoms with Crippen LogP contribution in [0.4, 0.5) is 13.2 Å². The Hall–Kier alpha value is -1.71. The molecule has 6 nitrogen and oxygen atoms in total. The van der Waals surface area contributed by atoms with Gasteiger partial charge in [0.15, 0.2) is 0 Å². The molecule has 34 heavy (non-hydrogen) atoms. The van der Waals surface area contributed by atoms with E-state index in [9.17, 15) is 23.1 Å². The first-order valence-electron chi connectivity index (χ1n) is 12.6. The smallest absolute Gasteiger partial charge is 0.395 e. The molecule has 3 aliphatic rings. The second kappa shape index (κ2) is 12.3. The monoisotopic (exact) mass is 485 g/mol. The Balaban J connectivity index is 0.00000103. The van der Waals surface area contributed by atoms with Crippen LogP contribution in [0.3, 0.4) is 0 Å². The summed E-state index contributed by atoms with van der Waals surface area (Å²) in [6.07, 6.45) is 2.46. The molecule has 1 saturated heterocycles. The molecule has 2 fully saturated rings. The number of aliphatic hydroxyl groups is 1. The fourth-order valence-corrected chi connectivity index (χ4v) is 5.31. The summed E-state index contributed by atoms with van der Waals surface area (Å²) in [6.45, 7) is 7.06. The first-order valence-corrected chi connectivity index (χ1v) is 12.6. The van der Waals surface area contributed by atoms with Crippen LogP contribution in [0.5, 0.6) is 0 Å². The van der Waals surface area contributed by atoms with E-state index in [1.807, 2.05) is 0 Å². The molecule has 3 heterocycles. The van der Waals surface area contributed by atoms with Crippen molar-refractivity contribution in [2.24, 2.45) is 5.92 Å². The molecule has 0 aromatic carbocycles. The first kappa shape index (κ1) is 26.9. The zero-order valence-electron chi connectivity index (χ0n) is 20.3. The van der Waals surface area contributed by atoms with Gasteiger partial charge in [0.1, 0.15) is 0 Å². The minimum atomic E-state index is -4.44. The van der Waals surface area contributed by atoms with Crippen LogP contribution < -0.4 is 0 Å². The highest BCUT2D eigenvalue weighted by molar-refractivity contribution is 5.79. The number of amides is 1. The molecule has 9 heteroatoms. The van der Waals surface area contributed by atoms with Crippen molar-refractivity contribution in [3.63, 3.8) is 0 Å². The van der Waals surface area contributed by atoms with Crippen molar-refractivity contribution < 1.29 is 27.8 Å². The molecule has 0 radical (unpaired) electrons. The Labute approximate surface area is 200 Å². The number of hydrogen-bond donors (Lipinski definition) is 1. The van der Waals surface area contributed by atoms with Crippen LogP contribution in [0.1, 0.15) is 69.2 Å². The van der Waals surface area contributed by atoms with Crippen molar-refractivity contribution in [2.45, 2.75) is 83.6 Å². The van der Waals surface area contributed by atoms with Crippen LogP contribution in [0.25, 0.3) is 0 Å². The number of halogens is 3. The highest BCUT2D eigenvalue weighted by atomic mass is 19.4. The molecule has 1 saturated carbocycles. The lowest BCUT2D eigenvalue weighted by molar-refractivity contribution is -0.138. The van der Waals surface area contributed by atoms with Crippen LogP contribution in [0.2, 0.25) is 0 Å². The third-order valence-corrected chi connectivity index (χ3v) is 6.92. The van der Waals surface area contributed by atoms with Gasteiger partial charge in [0.25, 0.3) is 0 Å². The van der Waals surface area contributed by atoms with Gasteiger partial charge in [-0.2, -0.15) is 13.2 Å². The van der Waals surface area contributed by atoms with Gasteiger partial charge in [-0.1, -0.05) is 20.3 Å². The predicted octanol–water partition coefficient (Wildman–Crippen LogP) is 4.04. The van der Waals surface area contributed by atoms with Crippen molar-refractivity contribution in [2.75, 3.05) is 32.9 Å². The predicted molar refractivity (Wildman–Crippen MR) is 123 cm³/mol. The Bertz CT molecular complexity index is 799. The summed E-state index contributed by atoms with van der Waals surface area (Å²) < 4.78 is 44.6. The number of hydrogen-bond acceptors (Lipinski definition) is 5. The maximum Gasteiger partial charge on any atom is 0.417 e. The van der Waals surface area contributed by atoms with E-state index in [1.54, 1.807) is 4.90 Å². The maximum atomic E-state index is 13.2. The number of aliphatic hydroxyl groups excluding tert-OH is 1. The number of aromatic nitrogens is 1. The molecule has 0 bridgehead atoms. The number of alkyl halides is 3. The van der Waals surface area contributed by atoms with E-state index < -0.39 is 11.7 Å². The van der Waals surface area contributed by atoms with Crippen molar-refractivity contribution in [3.05, 3.63) is 29.1 Å². The van der Waals surface area contributed by atoms with E-state index >= 15 is 0 Å². The number of ether oxygens (including phenoxy) is 1. The minimum absolute atomic E-state index is 0.0292. The summed E-state index contributed by atoms with van der Waals surface area (Å²) in [6, 6.07) is 1.75. The van der Waals surface area contributed by atoms with Gasteiger partial charge in [-0.3, -0.25) is 14.7 Å². The molecule has 1 aliphatic carbocycles. The average molecular weight is 486 g/mol. The summed E-state index contributed by atoms with van der Waals surface area (Å²) in [5.74, 6) is -0.0900. The lowest BCUT2D eigenvalue weighted by Crippen LogP contribution is -2.47. The Kier molecular flexibility index (Phi) is 9.74. The van der Waals surface area contributed by atoms with Crippen molar-refractivity contribution >= 4 is 5.91 Å². The molecule has 2 aliphatic heterocycles. The van der Waals surface area contributed by atoms with Crippen LogP contribution in [-0.2, 0) is 28.7 Å². The number of carbonyl (C=O) groups excluding carboxylic acids is 1. The topological polar surface area (TPSA) is 65.9 Å². The van der Waals surface area contributed by atoms with Crippen LogP contribution in [-0.4, -0.2) is 70.8 Å². The van der Waals surface area contributed by atoms with Gasteiger partial charge >= 0.3 is 6.18 Å². The van der Waals surface area contributed by atoms with Crippen LogP contribution in [0.15, 0.2) is 12.3 Å². The molecule has 0 unspecified atom stereocenters. The molecular formula is C25H38F3N3O3. The third kappa shape index (κ3) is 6.70. The molecule has 4 rings (SSSR count). The van der Waals surface area contributed by atoms with E-state index in [-0.39, 0.29) is 31.0 Å². The second-order valence-corrected chi connectivity index (χ2v) is 9.51. The van der Waals surface area contributed by atoms with Gasteiger partial charge in [-0.15, -0.1) is 0 Å². The normalized spacial score (nSPS) is 23.4. The largest absolute Gasteiger partial charge is 0.417 e. The summed E-state index contributed by atoms with van der Waals surface area (Å²) in [7, 11) is 0. The molecule has 192 valence electrons. The summed E-state index contributed by atoms with van der Waals surface area (Å²) in [4.78, 5) is 21.2. The summed E-state index contributed by atoms with van der Waals surface area (Å²) in [5, 5.41) is 9.55. The quantitative estimate of drug-likeness (QED) is 0.682. The summed E-state index contributed by atoms with van der Waals surface area (Å²) in [5.41, 5.74) is 0.376. The van der Waals surface area contributed by atoms with Gasteiger partial charge in [0, 0.05) is 69.2 Å². The molecule has 1 amide bonds. The molecule has 0 spiro atoms. The van der Waals surface area contributed by atoms with Gasteiger partial charge in [-0.05, 0) is 43.7 Å². The molecule has 1 aromatic heterocycles. The zero-order valence-corrected chi connectivity index (χ0v) is 20.3. The molecular weight excluding hydrogens is 447 g/mol. The van der Waals surface area contributed by atoms with Crippen LogP contribution >= 0.6 is 0 Å². The fourth-order valence-electron chi connectivity index (χ4n) is 5.31. The number of nitrogens with zero attached hydrogens (tertiary/aromatic N) is 3. The van der Waals surface area contributed by atoms with Gasteiger partial charge in [-0.25, -0.2) is 0 Å². The lowest BCUT2D eigenvalue weighted by atomic mass is 9.99. The lowest BCUT2D eigenvalue weighted by Gasteiger charge is -2.38. The highest BCUT2D eigenvalue weighted by Gasteiger charge is 2.39. The van der Waals surface area contributed by atoms with Crippen molar-refractivity contribution in [3.8, 4) is 0 Å². The highest BCUT2D eigenvalue weighted by Crippen LogP contribution is 2.35.